The lowest BCUT2D eigenvalue weighted by Crippen LogP contribution is -2.29. The number of amides is 1. The maximum atomic E-state index is 13.0. The molecule has 0 bridgehead atoms. The SMILES string of the molecule is O=C1C=C[C@@H]2C(=O)N(Cc3ccccc3)[C@@H](c3ccccc3)[C@@H]2C1. The molecule has 2 aliphatic rings. The molecule has 0 N–H and O–H groups in total. The Kier molecular flexibility index (Phi) is 3.77. The molecule has 1 amide bonds. The maximum absolute atomic E-state index is 13.0. The topological polar surface area (TPSA) is 37.4 Å². The van der Waals surface area contributed by atoms with E-state index in [0.29, 0.717) is 13.0 Å². The molecule has 1 heterocycles. The first kappa shape index (κ1) is 14.9. The van der Waals surface area contributed by atoms with Crippen LogP contribution < -0.4 is 0 Å². The summed E-state index contributed by atoms with van der Waals surface area (Å²) >= 11 is 0. The molecule has 1 aliphatic carbocycles. The molecule has 24 heavy (non-hydrogen) atoms. The highest BCUT2D eigenvalue weighted by atomic mass is 16.2. The van der Waals surface area contributed by atoms with Crippen molar-refractivity contribution < 1.29 is 9.59 Å². The second kappa shape index (κ2) is 6.08. The summed E-state index contributed by atoms with van der Waals surface area (Å²) in [5, 5.41) is 0. The highest BCUT2D eigenvalue weighted by Crippen LogP contribution is 2.46. The number of hydrogen-bond donors (Lipinski definition) is 0. The van der Waals surface area contributed by atoms with Gasteiger partial charge in [0, 0.05) is 18.9 Å². The summed E-state index contributed by atoms with van der Waals surface area (Å²) in [5.74, 6) is 0.0886. The number of ketones is 1. The Hall–Kier alpha value is -2.68. The van der Waals surface area contributed by atoms with Crippen molar-refractivity contribution in [1.82, 2.24) is 4.90 Å². The van der Waals surface area contributed by atoms with E-state index in [9.17, 15) is 9.59 Å². The van der Waals surface area contributed by atoms with Gasteiger partial charge >= 0.3 is 0 Å². The number of hydrogen-bond acceptors (Lipinski definition) is 2. The standard InChI is InChI=1S/C21H19NO2/c23-17-11-12-18-19(13-17)20(16-9-5-2-6-10-16)22(21(18)24)14-15-7-3-1-4-8-15/h1-12,18-20H,13-14H2/t18-,19+,20-/m0/s1. The van der Waals surface area contributed by atoms with Crippen LogP contribution in [0.15, 0.2) is 72.8 Å². The first-order chi connectivity index (χ1) is 11.7. The van der Waals surface area contributed by atoms with Gasteiger partial charge in [0.15, 0.2) is 5.78 Å². The first-order valence-electron chi connectivity index (χ1n) is 8.34. The molecule has 0 radical (unpaired) electrons. The predicted molar refractivity (Wildman–Crippen MR) is 91.9 cm³/mol. The monoisotopic (exact) mass is 317 g/mol. The largest absolute Gasteiger partial charge is 0.330 e. The number of carbonyl (C=O) groups is 2. The van der Waals surface area contributed by atoms with Gasteiger partial charge in [0.1, 0.15) is 0 Å². The van der Waals surface area contributed by atoms with E-state index in [1.165, 1.54) is 0 Å². The number of benzene rings is 2. The summed E-state index contributed by atoms with van der Waals surface area (Å²) in [4.78, 5) is 26.9. The van der Waals surface area contributed by atoms with E-state index in [0.717, 1.165) is 11.1 Å². The van der Waals surface area contributed by atoms with Gasteiger partial charge in [-0.1, -0.05) is 66.7 Å². The van der Waals surface area contributed by atoms with Gasteiger partial charge in [-0.3, -0.25) is 9.59 Å². The van der Waals surface area contributed by atoms with Crippen LogP contribution in [-0.2, 0) is 16.1 Å². The molecule has 1 aliphatic heterocycles. The predicted octanol–water partition coefficient (Wildman–Crippen LogP) is 3.53. The molecule has 2 aromatic rings. The Morgan fingerprint density at radius 2 is 1.58 bits per heavy atom. The minimum atomic E-state index is -0.184. The van der Waals surface area contributed by atoms with Crippen molar-refractivity contribution in [2.45, 2.75) is 19.0 Å². The normalized spacial score (nSPS) is 25.8. The molecular formula is C21H19NO2. The molecule has 120 valence electrons. The lowest BCUT2D eigenvalue weighted by atomic mass is 9.80. The van der Waals surface area contributed by atoms with E-state index in [4.69, 9.17) is 0 Å². The van der Waals surface area contributed by atoms with Crippen molar-refractivity contribution in [2.24, 2.45) is 11.8 Å². The van der Waals surface area contributed by atoms with E-state index in [1.54, 1.807) is 12.2 Å². The number of likely N-dealkylation sites (tertiary alicyclic amines) is 1. The molecule has 2 aromatic carbocycles. The van der Waals surface area contributed by atoms with Crippen molar-refractivity contribution >= 4 is 11.7 Å². The Balaban J connectivity index is 1.74. The Morgan fingerprint density at radius 1 is 0.917 bits per heavy atom. The second-order valence-corrected chi connectivity index (χ2v) is 6.53. The molecule has 1 fully saturated rings. The van der Waals surface area contributed by atoms with Gasteiger partial charge in [0.25, 0.3) is 0 Å². The van der Waals surface area contributed by atoms with E-state index in [1.807, 2.05) is 53.4 Å². The molecule has 3 atom stereocenters. The average Bonchev–Trinajstić information content (AvgIpc) is 2.88. The molecule has 0 unspecified atom stereocenters. The lowest BCUT2D eigenvalue weighted by molar-refractivity contribution is -0.131. The third kappa shape index (κ3) is 2.56. The van der Waals surface area contributed by atoms with Gasteiger partial charge in [-0.05, 0) is 17.2 Å². The molecule has 3 heteroatoms. The number of nitrogens with zero attached hydrogens (tertiary/aromatic N) is 1. The smallest absolute Gasteiger partial charge is 0.230 e. The number of carbonyl (C=O) groups excluding carboxylic acids is 2. The first-order valence-corrected chi connectivity index (χ1v) is 8.34. The van der Waals surface area contributed by atoms with Crippen LogP contribution in [0, 0.1) is 11.8 Å². The molecule has 4 rings (SSSR count). The summed E-state index contributed by atoms with van der Waals surface area (Å²) < 4.78 is 0. The quantitative estimate of drug-likeness (QED) is 0.868. The summed E-state index contributed by atoms with van der Waals surface area (Å²) in [5.41, 5.74) is 2.22. The van der Waals surface area contributed by atoms with E-state index in [-0.39, 0.29) is 29.6 Å². The summed E-state index contributed by atoms with van der Waals surface area (Å²) in [6, 6.07) is 20.1. The highest BCUT2D eigenvalue weighted by Gasteiger charge is 2.48. The number of fused-ring (bicyclic) bond motifs is 1. The maximum Gasteiger partial charge on any atom is 0.230 e. The van der Waals surface area contributed by atoms with E-state index < -0.39 is 0 Å². The van der Waals surface area contributed by atoms with Gasteiger partial charge in [-0.25, -0.2) is 0 Å². The molecule has 0 spiro atoms. The van der Waals surface area contributed by atoms with E-state index >= 15 is 0 Å². The third-order valence-corrected chi connectivity index (χ3v) is 5.03. The molecule has 0 saturated carbocycles. The lowest BCUT2D eigenvalue weighted by Gasteiger charge is -2.29. The highest BCUT2D eigenvalue weighted by molar-refractivity contribution is 5.95. The summed E-state index contributed by atoms with van der Waals surface area (Å²) in [6.45, 7) is 0.578. The minimum Gasteiger partial charge on any atom is -0.330 e. The Labute approximate surface area is 141 Å². The van der Waals surface area contributed by atoms with Crippen LogP contribution >= 0.6 is 0 Å². The van der Waals surface area contributed by atoms with Crippen LogP contribution in [0.25, 0.3) is 0 Å². The van der Waals surface area contributed by atoms with Gasteiger partial charge in [-0.2, -0.15) is 0 Å². The van der Waals surface area contributed by atoms with Crippen LogP contribution in [0.5, 0.6) is 0 Å². The van der Waals surface area contributed by atoms with Crippen molar-refractivity contribution in [3.05, 3.63) is 83.9 Å². The van der Waals surface area contributed by atoms with Crippen LogP contribution in [0.4, 0.5) is 0 Å². The van der Waals surface area contributed by atoms with Crippen LogP contribution in [0.2, 0.25) is 0 Å². The fraction of sp³-hybridized carbons (Fsp3) is 0.238. The van der Waals surface area contributed by atoms with Crippen molar-refractivity contribution in [3.8, 4) is 0 Å². The molecule has 0 aromatic heterocycles. The zero-order chi connectivity index (χ0) is 16.5. The molecular weight excluding hydrogens is 298 g/mol. The number of allylic oxidation sites excluding steroid dienone is 1. The summed E-state index contributed by atoms with van der Waals surface area (Å²) in [7, 11) is 0. The van der Waals surface area contributed by atoms with Crippen LogP contribution in [0.3, 0.4) is 0 Å². The van der Waals surface area contributed by atoms with Gasteiger partial charge in [0.05, 0.1) is 12.0 Å². The average molecular weight is 317 g/mol. The fourth-order valence-electron chi connectivity index (χ4n) is 3.95. The van der Waals surface area contributed by atoms with Crippen LogP contribution in [0.1, 0.15) is 23.6 Å². The second-order valence-electron chi connectivity index (χ2n) is 6.53. The third-order valence-electron chi connectivity index (χ3n) is 5.03. The zero-order valence-corrected chi connectivity index (χ0v) is 13.3. The number of rotatable bonds is 3. The van der Waals surface area contributed by atoms with Crippen LogP contribution in [-0.4, -0.2) is 16.6 Å². The van der Waals surface area contributed by atoms with Crippen molar-refractivity contribution in [3.63, 3.8) is 0 Å². The van der Waals surface area contributed by atoms with E-state index in [2.05, 4.69) is 12.1 Å². The van der Waals surface area contributed by atoms with Crippen molar-refractivity contribution in [2.75, 3.05) is 0 Å². The van der Waals surface area contributed by atoms with Gasteiger partial charge in [-0.15, -0.1) is 0 Å². The Morgan fingerprint density at radius 3 is 2.29 bits per heavy atom. The van der Waals surface area contributed by atoms with Gasteiger partial charge < -0.3 is 4.90 Å². The fourth-order valence-corrected chi connectivity index (χ4v) is 3.95. The van der Waals surface area contributed by atoms with Crippen molar-refractivity contribution in [1.29, 1.82) is 0 Å². The minimum absolute atomic E-state index is 0.0288. The van der Waals surface area contributed by atoms with Gasteiger partial charge in [0.2, 0.25) is 5.91 Å². The Bertz CT molecular complexity index is 782. The zero-order valence-electron chi connectivity index (χ0n) is 13.3. The summed E-state index contributed by atoms with van der Waals surface area (Å²) in [6.07, 6.45) is 3.82. The molecule has 1 saturated heterocycles. The molecule has 3 nitrogen and oxygen atoms in total.